The van der Waals surface area contributed by atoms with E-state index in [0.717, 1.165) is 0 Å². The third-order valence-corrected chi connectivity index (χ3v) is 0. The van der Waals surface area contributed by atoms with Gasteiger partial charge in [0.05, 0.1) is 0 Å². The Balaban J connectivity index is 0. The van der Waals surface area contributed by atoms with Gasteiger partial charge < -0.3 is 0 Å². The Morgan fingerprint density at radius 3 is 1.00 bits per heavy atom. The smallest absolute Gasteiger partial charge is 0 e. The van der Waals surface area contributed by atoms with E-state index in [1.165, 1.54) is 0 Å². The Labute approximate surface area is 97.7 Å². The third-order valence-electron chi connectivity index (χ3n) is 0. The molecular formula is CoLaNiU. The predicted molar refractivity (Wildman–Crippen MR) is 0 cm³/mol. The molecular weight excluding hydrogens is 495 g/mol. The fourth-order valence-electron chi connectivity index (χ4n) is 0. The maximum atomic E-state index is 0. The molecule has 0 aromatic rings. The van der Waals surface area contributed by atoms with Crippen LogP contribution in [-0.4, -0.2) is 0 Å². The van der Waals surface area contributed by atoms with Crippen LogP contribution in [0.15, 0.2) is 0 Å². The van der Waals surface area contributed by atoms with E-state index in [4.69, 9.17) is 0 Å². The number of hydrogen-bond donors (Lipinski definition) is 0. The van der Waals surface area contributed by atoms with E-state index >= 15 is 0 Å². The molecule has 4 heavy (non-hydrogen) atoms. The summed E-state index contributed by atoms with van der Waals surface area (Å²) in [6, 6.07) is 0. The summed E-state index contributed by atoms with van der Waals surface area (Å²) in [6.07, 6.45) is 0. The Bertz CT molecular complexity index is 8.00. The van der Waals surface area contributed by atoms with E-state index in [2.05, 4.69) is 0 Å². The molecule has 26 valence electrons. The molecule has 0 aliphatic rings. The normalized spacial score (nSPS) is 0. The molecule has 0 unspecified atom stereocenters. The van der Waals surface area contributed by atoms with Crippen molar-refractivity contribution in [1.29, 1.82) is 0 Å². The Hall–Kier alpha value is 3.25. The van der Waals surface area contributed by atoms with Gasteiger partial charge in [0.1, 0.15) is 0 Å². The van der Waals surface area contributed by atoms with Crippen molar-refractivity contribution in [2.24, 2.45) is 0 Å². The van der Waals surface area contributed by atoms with E-state index in [1.54, 1.807) is 0 Å². The van der Waals surface area contributed by atoms with Crippen molar-refractivity contribution in [2.75, 3.05) is 0 Å². The van der Waals surface area contributed by atoms with Gasteiger partial charge in [0.25, 0.3) is 0 Å². The minimum absolute atomic E-state index is 0. The van der Waals surface area contributed by atoms with Crippen molar-refractivity contribution in [3.63, 3.8) is 0 Å². The molecule has 4 heteroatoms. The minimum atomic E-state index is 0. The van der Waals surface area contributed by atoms with Crippen LogP contribution in [0.25, 0.3) is 0 Å². The Kier molecular flexibility index (Phi) is 109. The van der Waals surface area contributed by atoms with Crippen LogP contribution in [0.2, 0.25) is 0 Å². The first kappa shape index (κ1) is 26.8. The maximum absolute atomic E-state index is 0. The molecule has 0 aromatic carbocycles. The molecule has 0 aliphatic carbocycles. The summed E-state index contributed by atoms with van der Waals surface area (Å²) in [5.41, 5.74) is 0. The molecule has 0 atom stereocenters. The van der Waals surface area contributed by atoms with Gasteiger partial charge in [-0.2, -0.15) is 0 Å². The van der Waals surface area contributed by atoms with Crippen molar-refractivity contribution in [3.05, 3.63) is 0 Å². The zero-order chi connectivity index (χ0) is 0. The first-order valence-corrected chi connectivity index (χ1v) is 0. The second-order valence-electron chi connectivity index (χ2n) is 0. The predicted octanol–water partition coefficient (Wildman–Crippen LogP) is -0.00500. The largest absolute Gasteiger partial charge is 0 e. The quantitative estimate of drug-likeness (QED) is 0.416. The Morgan fingerprint density at radius 1 is 1.00 bits per heavy atom. The summed E-state index contributed by atoms with van der Waals surface area (Å²) in [7, 11) is 0. The average molecular weight is 495 g/mol. The van der Waals surface area contributed by atoms with Crippen LogP contribution in [-0.2, 0) is 33.3 Å². The molecule has 0 heterocycles. The summed E-state index contributed by atoms with van der Waals surface area (Å²) < 4.78 is 0. The standard InChI is InChI=1S/Co.La.Ni.U. The summed E-state index contributed by atoms with van der Waals surface area (Å²) in [5, 5.41) is 0. The summed E-state index contributed by atoms with van der Waals surface area (Å²) in [6.45, 7) is 0. The van der Waals surface area contributed by atoms with Crippen LogP contribution in [0.1, 0.15) is 0 Å². The van der Waals surface area contributed by atoms with Crippen LogP contribution in [0.4, 0.5) is 0 Å². The van der Waals surface area contributed by atoms with Gasteiger partial charge in [0, 0.05) is 100.0 Å². The van der Waals surface area contributed by atoms with Gasteiger partial charge in [-0.1, -0.05) is 0 Å². The van der Waals surface area contributed by atoms with Gasteiger partial charge in [-0.3, -0.25) is 0 Å². The molecule has 0 aliphatic heterocycles. The second-order valence-corrected chi connectivity index (χ2v) is 0. The molecule has 0 spiro atoms. The number of hydrogen-bond acceptors (Lipinski definition) is 0. The molecule has 0 rings (SSSR count). The van der Waals surface area contributed by atoms with Crippen LogP contribution in [0, 0.1) is 66.7 Å². The monoisotopic (exact) mass is 494 g/mol. The van der Waals surface area contributed by atoms with Crippen molar-refractivity contribution < 1.29 is 100.0 Å². The fourth-order valence-corrected chi connectivity index (χ4v) is 0. The summed E-state index contributed by atoms with van der Waals surface area (Å²) >= 11 is 0. The summed E-state index contributed by atoms with van der Waals surface area (Å²) in [5.74, 6) is 0. The molecule has 0 fully saturated rings. The molecule has 0 saturated carbocycles. The topological polar surface area (TPSA) is 0 Å². The average Bonchev–Trinajstić information content (AvgIpc) is 0. The van der Waals surface area contributed by atoms with Gasteiger partial charge in [-0.05, 0) is 0 Å². The Morgan fingerprint density at radius 2 is 1.00 bits per heavy atom. The van der Waals surface area contributed by atoms with E-state index in [1.807, 2.05) is 0 Å². The minimum Gasteiger partial charge on any atom is 0 e. The van der Waals surface area contributed by atoms with Crippen molar-refractivity contribution >= 4 is 0 Å². The molecule has 0 saturated heterocycles. The van der Waals surface area contributed by atoms with Gasteiger partial charge in [0.15, 0.2) is 0 Å². The SMILES string of the molecule is [Co].[La].[Ni].[U]. The van der Waals surface area contributed by atoms with Crippen molar-refractivity contribution in [2.45, 2.75) is 0 Å². The van der Waals surface area contributed by atoms with E-state index in [-0.39, 0.29) is 100.0 Å². The second kappa shape index (κ2) is 16.3. The molecule has 0 nitrogen and oxygen atoms in total. The van der Waals surface area contributed by atoms with E-state index in [0.29, 0.717) is 0 Å². The van der Waals surface area contributed by atoms with Crippen LogP contribution in [0.3, 0.4) is 0 Å². The first-order chi connectivity index (χ1) is 0. The first-order valence-electron chi connectivity index (χ1n) is 0. The van der Waals surface area contributed by atoms with E-state index in [9.17, 15) is 0 Å². The molecule has 0 aromatic heterocycles. The van der Waals surface area contributed by atoms with Gasteiger partial charge >= 0.3 is 0 Å². The van der Waals surface area contributed by atoms with Crippen molar-refractivity contribution in [3.8, 4) is 0 Å². The van der Waals surface area contributed by atoms with Crippen LogP contribution < -0.4 is 0 Å². The number of rotatable bonds is 0. The van der Waals surface area contributed by atoms with Crippen LogP contribution in [0.5, 0.6) is 0 Å². The van der Waals surface area contributed by atoms with Crippen molar-refractivity contribution in [1.82, 2.24) is 0 Å². The van der Waals surface area contributed by atoms with Crippen LogP contribution >= 0.6 is 0 Å². The third kappa shape index (κ3) is 8.98. The van der Waals surface area contributed by atoms with Gasteiger partial charge in [-0.15, -0.1) is 0 Å². The molecule has 0 N–H and O–H groups in total. The summed E-state index contributed by atoms with van der Waals surface area (Å²) in [4.78, 5) is 0. The fraction of sp³-hybridized carbons (Fsp3) is 0. The maximum Gasteiger partial charge on any atom is 0 e. The van der Waals surface area contributed by atoms with E-state index < -0.39 is 0 Å². The zero-order valence-corrected chi connectivity index (χ0v) is 11.5. The molecule has 0 amide bonds. The van der Waals surface area contributed by atoms with Gasteiger partial charge in [-0.25, -0.2) is 0 Å². The zero-order valence-electron chi connectivity index (χ0n) is 1.73. The molecule has 0 bridgehead atoms. The van der Waals surface area contributed by atoms with Gasteiger partial charge in [0.2, 0.25) is 0 Å². The molecule has 2 radical (unpaired) electrons.